The first-order valence-corrected chi connectivity index (χ1v) is 7.41. The first-order chi connectivity index (χ1) is 9.53. The molecule has 0 atom stereocenters. The lowest BCUT2D eigenvalue weighted by atomic mass is 10.0. The lowest BCUT2D eigenvalue weighted by Crippen LogP contribution is -2.08. The zero-order valence-corrected chi connectivity index (χ0v) is 13.2. The van der Waals surface area contributed by atoms with Gasteiger partial charge >= 0.3 is 0 Å². The van der Waals surface area contributed by atoms with Gasteiger partial charge in [-0.15, -0.1) is 0 Å². The topological polar surface area (TPSA) is 43.8 Å². The summed E-state index contributed by atoms with van der Waals surface area (Å²) in [6.45, 7) is 11.3. The molecule has 2 N–H and O–H groups in total. The van der Waals surface area contributed by atoms with E-state index in [0.29, 0.717) is 6.54 Å². The fraction of sp³-hybridized carbons (Fsp3) is 0.471. The molecular formula is C17H25N3. The van der Waals surface area contributed by atoms with Crippen LogP contribution in [0.15, 0.2) is 12.1 Å². The normalized spacial score (nSPS) is 11.1. The lowest BCUT2D eigenvalue weighted by molar-refractivity contribution is 0.782. The molecule has 0 spiro atoms. The van der Waals surface area contributed by atoms with Gasteiger partial charge in [-0.3, -0.25) is 0 Å². The molecule has 0 aliphatic rings. The molecule has 20 heavy (non-hydrogen) atoms. The van der Waals surface area contributed by atoms with Gasteiger partial charge in [0, 0.05) is 17.8 Å². The van der Waals surface area contributed by atoms with Gasteiger partial charge < -0.3 is 5.73 Å². The summed E-state index contributed by atoms with van der Waals surface area (Å²) in [5, 5.41) is 4.83. The minimum Gasteiger partial charge on any atom is -0.326 e. The molecule has 2 rings (SSSR count). The van der Waals surface area contributed by atoms with Crippen molar-refractivity contribution in [1.29, 1.82) is 0 Å². The number of benzene rings is 1. The minimum atomic E-state index is 0.566. The Morgan fingerprint density at radius 2 is 1.65 bits per heavy atom. The summed E-state index contributed by atoms with van der Waals surface area (Å²) in [4.78, 5) is 0. The maximum Gasteiger partial charge on any atom is 0.0707 e. The molecule has 0 saturated carbocycles. The quantitative estimate of drug-likeness (QED) is 0.926. The predicted octanol–water partition coefficient (Wildman–Crippen LogP) is 3.38. The first-order valence-electron chi connectivity index (χ1n) is 7.41. The van der Waals surface area contributed by atoms with E-state index in [9.17, 15) is 0 Å². The highest BCUT2D eigenvalue weighted by molar-refractivity contribution is 5.50. The molecule has 1 heterocycles. The van der Waals surface area contributed by atoms with E-state index in [1.165, 1.54) is 33.6 Å². The van der Waals surface area contributed by atoms with Gasteiger partial charge in [-0.2, -0.15) is 5.10 Å². The highest BCUT2D eigenvalue weighted by Crippen LogP contribution is 2.25. The van der Waals surface area contributed by atoms with Crippen molar-refractivity contribution in [2.75, 3.05) is 0 Å². The number of nitrogens with zero attached hydrogens (tertiary/aromatic N) is 2. The van der Waals surface area contributed by atoms with Crippen LogP contribution >= 0.6 is 0 Å². The van der Waals surface area contributed by atoms with Gasteiger partial charge in [-0.05, 0) is 44.7 Å². The van der Waals surface area contributed by atoms with Crippen LogP contribution in [0.2, 0.25) is 0 Å². The average molecular weight is 271 g/mol. The summed E-state index contributed by atoms with van der Waals surface area (Å²) in [6, 6.07) is 4.44. The molecule has 0 amide bonds. The summed E-state index contributed by atoms with van der Waals surface area (Å²) < 4.78 is 2.12. The van der Waals surface area contributed by atoms with Crippen molar-refractivity contribution in [3.05, 3.63) is 45.8 Å². The Morgan fingerprint density at radius 3 is 2.10 bits per heavy atom. The van der Waals surface area contributed by atoms with Gasteiger partial charge in [-0.1, -0.05) is 31.5 Å². The van der Waals surface area contributed by atoms with Crippen LogP contribution in [0.25, 0.3) is 5.69 Å². The molecule has 0 bridgehead atoms. The van der Waals surface area contributed by atoms with Crippen LogP contribution in [-0.2, 0) is 19.4 Å². The zero-order valence-electron chi connectivity index (χ0n) is 13.2. The summed E-state index contributed by atoms with van der Waals surface area (Å²) in [5.41, 5.74) is 14.6. The third-order valence-electron chi connectivity index (χ3n) is 3.89. The van der Waals surface area contributed by atoms with Crippen molar-refractivity contribution in [1.82, 2.24) is 9.78 Å². The number of hydrogen-bond donors (Lipinski definition) is 1. The van der Waals surface area contributed by atoms with Gasteiger partial charge in [0.1, 0.15) is 0 Å². The maximum atomic E-state index is 5.94. The Bertz CT molecular complexity index is 600. The van der Waals surface area contributed by atoms with Crippen LogP contribution in [0, 0.1) is 20.8 Å². The first kappa shape index (κ1) is 14.8. The molecular weight excluding hydrogens is 246 g/mol. The van der Waals surface area contributed by atoms with Crippen molar-refractivity contribution in [2.45, 2.75) is 54.0 Å². The number of aryl methyl sites for hydroxylation is 4. The van der Waals surface area contributed by atoms with Crippen LogP contribution < -0.4 is 5.73 Å². The Labute approximate surface area is 121 Å². The van der Waals surface area contributed by atoms with Gasteiger partial charge in [-0.25, -0.2) is 4.68 Å². The zero-order chi connectivity index (χ0) is 14.9. The molecule has 0 unspecified atom stereocenters. The lowest BCUT2D eigenvalue weighted by Gasteiger charge is -2.14. The highest BCUT2D eigenvalue weighted by atomic mass is 15.3. The van der Waals surface area contributed by atoms with E-state index in [0.717, 1.165) is 18.5 Å². The van der Waals surface area contributed by atoms with E-state index in [-0.39, 0.29) is 0 Å². The van der Waals surface area contributed by atoms with Crippen molar-refractivity contribution in [3.8, 4) is 5.69 Å². The Kier molecular flexibility index (Phi) is 4.29. The van der Waals surface area contributed by atoms with Crippen LogP contribution in [-0.4, -0.2) is 9.78 Å². The van der Waals surface area contributed by atoms with Crippen molar-refractivity contribution < 1.29 is 0 Å². The van der Waals surface area contributed by atoms with Gasteiger partial charge in [0.25, 0.3) is 0 Å². The minimum absolute atomic E-state index is 0.566. The van der Waals surface area contributed by atoms with Gasteiger partial charge in [0.2, 0.25) is 0 Å². The molecule has 108 valence electrons. The van der Waals surface area contributed by atoms with E-state index < -0.39 is 0 Å². The van der Waals surface area contributed by atoms with E-state index >= 15 is 0 Å². The summed E-state index contributed by atoms with van der Waals surface area (Å²) in [7, 11) is 0. The van der Waals surface area contributed by atoms with E-state index in [4.69, 9.17) is 10.8 Å². The van der Waals surface area contributed by atoms with Crippen LogP contribution in [0.5, 0.6) is 0 Å². The largest absolute Gasteiger partial charge is 0.326 e. The number of rotatable bonds is 4. The summed E-state index contributed by atoms with van der Waals surface area (Å²) in [6.07, 6.45) is 1.88. The monoisotopic (exact) mass is 271 g/mol. The van der Waals surface area contributed by atoms with Crippen molar-refractivity contribution in [3.63, 3.8) is 0 Å². The standard InChI is InChI=1S/C17H25N3/c1-6-15-14(10-18)16(7-2)20(19-15)17-12(4)8-11(3)9-13(17)5/h8-9H,6-7,10,18H2,1-5H3. The highest BCUT2D eigenvalue weighted by Gasteiger charge is 2.17. The van der Waals surface area contributed by atoms with E-state index in [1.807, 2.05) is 0 Å². The third kappa shape index (κ3) is 2.38. The molecule has 0 radical (unpaired) electrons. The number of hydrogen-bond acceptors (Lipinski definition) is 2. The van der Waals surface area contributed by atoms with Gasteiger partial charge in [0.15, 0.2) is 0 Å². The predicted molar refractivity (Wildman–Crippen MR) is 84.4 cm³/mol. The third-order valence-corrected chi connectivity index (χ3v) is 3.89. The van der Waals surface area contributed by atoms with Crippen LogP contribution in [0.4, 0.5) is 0 Å². The smallest absolute Gasteiger partial charge is 0.0707 e. The molecule has 1 aromatic carbocycles. The van der Waals surface area contributed by atoms with Crippen molar-refractivity contribution in [2.24, 2.45) is 5.73 Å². The number of aromatic nitrogens is 2. The van der Waals surface area contributed by atoms with Gasteiger partial charge in [0.05, 0.1) is 11.4 Å². The molecule has 3 nitrogen and oxygen atoms in total. The Hall–Kier alpha value is -1.61. The number of nitrogens with two attached hydrogens (primary N) is 1. The average Bonchev–Trinajstić information content (AvgIpc) is 2.74. The molecule has 0 saturated heterocycles. The fourth-order valence-electron chi connectivity index (χ4n) is 3.11. The molecule has 0 aliphatic carbocycles. The second kappa shape index (κ2) is 5.80. The maximum absolute atomic E-state index is 5.94. The molecule has 0 fully saturated rings. The Balaban J connectivity index is 2.73. The SMILES string of the molecule is CCc1nn(-c2c(C)cc(C)cc2C)c(CC)c1CN. The van der Waals surface area contributed by atoms with E-state index in [1.54, 1.807) is 0 Å². The second-order valence-corrected chi connectivity index (χ2v) is 5.44. The molecule has 1 aromatic heterocycles. The van der Waals surface area contributed by atoms with Crippen molar-refractivity contribution >= 4 is 0 Å². The summed E-state index contributed by atoms with van der Waals surface area (Å²) >= 11 is 0. The van der Waals surface area contributed by atoms with Crippen LogP contribution in [0.3, 0.4) is 0 Å². The van der Waals surface area contributed by atoms with Crippen LogP contribution in [0.1, 0.15) is 47.5 Å². The van der Waals surface area contributed by atoms with E-state index in [2.05, 4.69) is 51.4 Å². The molecule has 2 aromatic rings. The molecule has 0 aliphatic heterocycles. The fourth-order valence-corrected chi connectivity index (χ4v) is 3.11. The Morgan fingerprint density at radius 1 is 1.05 bits per heavy atom. The molecule has 3 heteroatoms. The second-order valence-electron chi connectivity index (χ2n) is 5.44. The summed E-state index contributed by atoms with van der Waals surface area (Å²) in [5.74, 6) is 0.